The molecule has 0 aromatic carbocycles. The third-order valence-electron chi connectivity index (χ3n) is 18.1. The summed E-state index contributed by atoms with van der Waals surface area (Å²) in [5.41, 5.74) is 0. The minimum Gasteiger partial charge on any atom is -0.462 e. The number of carbonyl (C=O) groups is 4. The lowest BCUT2D eigenvalue weighted by atomic mass is 10.0. The van der Waals surface area contributed by atoms with Gasteiger partial charge in [-0.2, -0.15) is 0 Å². The Balaban J connectivity index is 5.26. The van der Waals surface area contributed by atoms with Crippen LogP contribution in [0, 0.1) is 23.7 Å². The Labute approximate surface area is 594 Å². The topological polar surface area (TPSA) is 237 Å². The van der Waals surface area contributed by atoms with Crippen molar-refractivity contribution in [2.24, 2.45) is 23.7 Å². The molecule has 0 saturated carbocycles. The molecule has 0 saturated heterocycles. The predicted octanol–water partition coefficient (Wildman–Crippen LogP) is 22.8. The standard InChI is InChI=1S/C78H152O17P2/c1-68(2)54-46-38-30-22-16-12-10-9-11-13-19-26-36-44-52-60-77(82)94-73(64-88-75(80)58-50-42-34-25-20-14-17-23-31-39-47-55-69(3)4)66-92-96(84,85)90-62-72(79)63-91-97(86,87)93-67-74(65-89-76(81)59-51-43-35-29-28-33-41-49-57-71(7)8)95-78(83)61-53-45-37-27-21-15-18-24-32-40-48-56-70(5)6/h68-74,79H,9-67H2,1-8H3,(H,84,85)(H,86,87)/t72?,73-,74-/m1/s1. The van der Waals surface area contributed by atoms with E-state index in [0.717, 1.165) is 114 Å². The quantitative estimate of drug-likeness (QED) is 0.0222. The fourth-order valence-electron chi connectivity index (χ4n) is 11.9. The Kier molecular flexibility index (Phi) is 65.9. The third kappa shape index (κ3) is 72.2. The number of ether oxygens (including phenoxy) is 4. The minimum atomic E-state index is -4.96. The van der Waals surface area contributed by atoms with E-state index in [1.54, 1.807) is 0 Å². The number of aliphatic hydroxyl groups excluding tert-OH is 1. The number of rotatable bonds is 75. The molecule has 0 bridgehead atoms. The number of phosphoric acid groups is 2. The van der Waals surface area contributed by atoms with Gasteiger partial charge in [-0.15, -0.1) is 0 Å². The lowest BCUT2D eigenvalue weighted by molar-refractivity contribution is -0.161. The molecule has 97 heavy (non-hydrogen) atoms. The average Bonchev–Trinajstić information content (AvgIpc) is 1.62. The average molecular weight is 1420 g/mol. The molecule has 17 nitrogen and oxygen atoms in total. The van der Waals surface area contributed by atoms with E-state index in [1.165, 1.54) is 199 Å². The number of unbranched alkanes of at least 4 members (excludes halogenated alkanes) is 41. The first kappa shape index (κ1) is 95.1. The summed E-state index contributed by atoms with van der Waals surface area (Å²) in [5, 5.41) is 10.6. The second-order valence-corrected chi connectivity index (χ2v) is 32.9. The largest absolute Gasteiger partial charge is 0.472 e. The van der Waals surface area contributed by atoms with E-state index in [9.17, 15) is 43.2 Å². The molecule has 0 aliphatic rings. The summed E-state index contributed by atoms with van der Waals surface area (Å²) in [6.45, 7) is 14.2. The van der Waals surface area contributed by atoms with Gasteiger partial charge in [0.25, 0.3) is 0 Å². The Bertz CT molecular complexity index is 1900. The third-order valence-corrected chi connectivity index (χ3v) is 20.0. The SMILES string of the molecule is CC(C)CCCCCCCCCCCCCCCCCC(=O)O[C@H](COC(=O)CCCCCCCCCCCCCC(C)C)COP(=O)(O)OCC(O)COP(=O)(O)OC[C@@H](COC(=O)CCCCCCCCCCC(C)C)OC(=O)CCCCCCCCCCCCCC(C)C. The predicted molar refractivity (Wildman–Crippen MR) is 395 cm³/mol. The number of hydrogen-bond donors (Lipinski definition) is 3. The number of phosphoric ester groups is 2. The first-order valence-corrected chi connectivity index (χ1v) is 43.2. The van der Waals surface area contributed by atoms with E-state index < -0.39 is 97.5 Å². The van der Waals surface area contributed by atoms with Crippen molar-refractivity contribution in [3.63, 3.8) is 0 Å². The Hall–Kier alpha value is -1.94. The van der Waals surface area contributed by atoms with E-state index in [-0.39, 0.29) is 25.7 Å². The van der Waals surface area contributed by atoms with Crippen LogP contribution in [0.3, 0.4) is 0 Å². The molecule has 0 aliphatic heterocycles. The molecule has 5 atom stereocenters. The highest BCUT2D eigenvalue weighted by Crippen LogP contribution is 2.45. The molecule has 0 rings (SSSR count). The van der Waals surface area contributed by atoms with Crippen LogP contribution in [0.25, 0.3) is 0 Å². The molecular formula is C78H152O17P2. The minimum absolute atomic E-state index is 0.106. The maximum absolute atomic E-state index is 13.1. The van der Waals surface area contributed by atoms with E-state index in [4.69, 9.17) is 37.0 Å². The van der Waals surface area contributed by atoms with Crippen molar-refractivity contribution in [3.8, 4) is 0 Å². The van der Waals surface area contributed by atoms with Gasteiger partial charge in [-0.05, 0) is 49.4 Å². The molecule has 0 aromatic rings. The van der Waals surface area contributed by atoms with Crippen LogP contribution in [0.1, 0.15) is 396 Å². The van der Waals surface area contributed by atoms with Crippen molar-refractivity contribution in [1.29, 1.82) is 0 Å². The number of aliphatic hydroxyl groups is 1. The van der Waals surface area contributed by atoms with Crippen molar-refractivity contribution < 1.29 is 80.2 Å². The van der Waals surface area contributed by atoms with Gasteiger partial charge in [-0.1, -0.05) is 344 Å². The lowest BCUT2D eigenvalue weighted by Crippen LogP contribution is -2.30. The van der Waals surface area contributed by atoms with Gasteiger partial charge < -0.3 is 33.8 Å². The van der Waals surface area contributed by atoms with E-state index in [1.807, 2.05) is 0 Å². The Morgan fingerprint density at radius 1 is 0.258 bits per heavy atom. The normalized spacial score (nSPS) is 14.1. The summed E-state index contributed by atoms with van der Waals surface area (Å²) in [7, 11) is -9.92. The molecule has 0 spiro atoms. The second-order valence-electron chi connectivity index (χ2n) is 30.0. The van der Waals surface area contributed by atoms with Crippen molar-refractivity contribution in [2.45, 2.75) is 414 Å². The van der Waals surface area contributed by atoms with Crippen molar-refractivity contribution in [2.75, 3.05) is 39.6 Å². The molecule has 0 fully saturated rings. The maximum atomic E-state index is 13.1. The Morgan fingerprint density at radius 3 is 0.639 bits per heavy atom. The van der Waals surface area contributed by atoms with Crippen LogP contribution in [0.2, 0.25) is 0 Å². The summed E-state index contributed by atoms with van der Waals surface area (Å²) in [6, 6.07) is 0. The van der Waals surface area contributed by atoms with Crippen LogP contribution in [-0.2, 0) is 65.4 Å². The highest BCUT2D eigenvalue weighted by molar-refractivity contribution is 7.47. The van der Waals surface area contributed by atoms with Gasteiger partial charge in [-0.3, -0.25) is 37.3 Å². The van der Waals surface area contributed by atoms with Crippen LogP contribution in [-0.4, -0.2) is 96.7 Å². The summed E-state index contributed by atoms with van der Waals surface area (Å²) in [5.74, 6) is 0.948. The van der Waals surface area contributed by atoms with Crippen molar-refractivity contribution >= 4 is 39.5 Å². The zero-order valence-corrected chi connectivity index (χ0v) is 65.5. The number of esters is 4. The first-order chi connectivity index (χ1) is 46.6. The zero-order valence-electron chi connectivity index (χ0n) is 63.7. The van der Waals surface area contributed by atoms with Crippen molar-refractivity contribution in [1.82, 2.24) is 0 Å². The first-order valence-electron chi connectivity index (χ1n) is 40.2. The molecule has 0 aliphatic carbocycles. The number of carbonyl (C=O) groups excluding carboxylic acids is 4. The smallest absolute Gasteiger partial charge is 0.462 e. The van der Waals surface area contributed by atoms with Gasteiger partial charge in [0, 0.05) is 25.7 Å². The molecule has 0 heterocycles. The van der Waals surface area contributed by atoms with E-state index in [2.05, 4.69) is 55.4 Å². The molecular weight excluding hydrogens is 1270 g/mol. The summed E-state index contributed by atoms with van der Waals surface area (Å²) < 4.78 is 68.6. The van der Waals surface area contributed by atoms with Crippen LogP contribution in [0.4, 0.5) is 0 Å². The molecule has 3 N–H and O–H groups in total. The summed E-state index contributed by atoms with van der Waals surface area (Å²) in [4.78, 5) is 72.9. The highest BCUT2D eigenvalue weighted by atomic mass is 31.2. The zero-order chi connectivity index (χ0) is 71.7. The summed E-state index contributed by atoms with van der Waals surface area (Å²) in [6.07, 6.45) is 52.7. The molecule has 3 unspecified atom stereocenters. The number of hydrogen-bond acceptors (Lipinski definition) is 15. The fraction of sp³-hybridized carbons (Fsp3) is 0.949. The van der Waals surface area contributed by atoms with Crippen LogP contribution in [0.15, 0.2) is 0 Å². The molecule has 576 valence electrons. The van der Waals surface area contributed by atoms with Gasteiger partial charge in [-0.25, -0.2) is 9.13 Å². The molecule has 0 aromatic heterocycles. The fourth-order valence-corrected chi connectivity index (χ4v) is 13.5. The monoisotopic (exact) mass is 1420 g/mol. The lowest BCUT2D eigenvalue weighted by Gasteiger charge is -2.21. The van der Waals surface area contributed by atoms with Crippen LogP contribution < -0.4 is 0 Å². The van der Waals surface area contributed by atoms with Crippen molar-refractivity contribution in [3.05, 3.63) is 0 Å². The second kappa shape index (κ2) is 67.2. The molecule has 19 heteroatoms. The van der Waals surface area contributed by atoms with Gasteiger partial charge in [0.05, 0.1) is 26.4 Å². The van der Waals surface area contributed by atoms with E-state index >= 15 is 0 Å². The summed E-state index contributed by atoms with van der Waals surface area (Å²) >= 11 is 0. The van der Waals surface area contributed by atoms with Gasteiger partial charge in [0.15, 0.2) is 12.2 Å². The van der Waals surface area contributed by atoms with Gasteiger partial charge in [0.1, 0.15) is 19.3 Å². The highest BCUT2D eigenvalue weighted by Gasteiger charge is 2.30. The van der Waals surface area contributed by atoms with Gasteiger partial charge >= 0.3 is 39.5 Å². The van der Waals surface area contributed by atoms with E-state index in [0.29, 0.717) is 25.7 Å². The molecule has 0 amide bonds. The maximum Gasteiger partial charge on any atom is 0.472 e. The van der Waals surface area contributed by atoms with Gasteiger partial charge in [0.2, 0.25) is 0 Å². The van der Waals surface area contributed by atoms with Crippen LogP contribution >= 0.6 is 15.6 Å². The van der Waals surface area contributed by atoms with Crippen LogP contribution in [0.5, 0.6) is 0 Å². The Morgan fingerprint density at radius 2 is 0.433 bits per heavy atom. The molecule has 0 radical (unpaired) electrons.